The highest BCUT2D eigenvalue weighted by atomic mass is 32.2. The quantitative estimate of drug-likeness (QED) is 0.592. The zero-order valence-electron chi connectivity index (χ0n) is 12.3. The first-order valence-electron chi connectivity index (χ1n) is 7.12. The lowest BCUT2D eigenvalue weighted by Crippen LogP contribution is -2.54. The van der Waals surface area contributed by atoms with E-state index in [1.807, 2.05) is 0 Å². The van der Waals surface area contributed by atoms with Gasteiger partial charge in [-0.1, -0.05) is 6.42 Å². The van der Waals surface area contributed by atoms with E-state index in [0.717, 1.165) is 19.3 Å². The summed E-state index contributed by atoms with van der Waals surface area (Å²) in [5.41, 5.74) is 5.31. The van der Waals surface area contributed by atoms with Crippen molar-refractivity contribution in [2.45, 2.75) is 51.6 Å². The maximum absolute atomic E-state index is 12.3. The number of rotatable bonds is 7. The van der Waals surface area contributed by atoms with Crippen molar-refractivity contribution in [3.63, 3.8) is 0 Å². The summed E-state index contributed by atoms with van der Waals surface area (Å²) in [5.74, 6) is -0.132. The fraction of sp³-hybridized carbons (Fsp3) is 0.917. The number of hydrogen-bond donors (Lipinski definition) is 3. The number of carbonyl (C=O) groups is 1. The third-order valence-corrected chi connectivity index (χ3v) is 5.04. The van der Waals surface area contributed by atoms with Gasteiger partial charge < -0.3 is 11.1 Å². The highest BCUT2D eigenvalue weighted by Gasteiger charge is 2.32. The molecule has 1 fully saturated rings. The van der Waals surface area contributed by atoms with Gasteiger partial charge in [0.15, 0.2) is 0 Å². The minimum Gasteiger partial charge on any atom is -0.354 e. The normalized spacial score (nSPS) is 21.1. The van der Waals surface area contributed by atoms with Crippen molar-refractivity contribution in [2.24, 2.45) is 5.73 Å². The van der Waals surface area contributed by atoms with Crippen LogP contribution in [0.5, 0.6) is 0 Å². The number of nitrogens with two attached hydrogens (primary N) is 1. The number of nitrogens with zero attached hydrogens (tertiary/aromatic N) is 1. The van der Waals surface area contributed by atoms with Gasteiger partial charge in [-0.15, -0.1) is 0 Å². The number of hydrogen-bond acceptors (Lipinski definition) is 4. The second kappa shape index (κ2) is 7.92. The first kappa shape index (κ1) is 17.4. The molecule has 1 rings (SSSR count). The Kier molecular flexibility index (Phi) is 6.87. The Hall–Kier alpha value is -0.700. The molecule has 7 nitrogen and oxygen atoms in total. The fourth-order valence-electron chi connectivity index (χ4n) is 2.31. The summed E-state index contributed by atoms with van der Waals surface area (Å²) in [6.45, 7) is 4.73. The van der Waals surface area contributed by atoms with Gasteiger partial charge in [-0.05, 0) is 26.7 Å². The Labute approximate surface area is 121 Å². The van der Waals surface area contributed by atoms with E-state index >= 15 is 0 Å². The predicted molar refractivity (Wildman–Crippen MR) is 78.2 cm³/mol. The van der Waals surface area contributed by atoms with Crippen molar-refractivity contribution >= 4 is 16.1 Å². The minimum atomic E-state index is -3.48. The standard InChI is InChI=1S/C12H26N4O3S/c1-10(2)15-20(18,19)16-8-4-3-5-11(16)9-14-12(17)6-7-13/h10-11,15H,3-9,13H2,1-2H3,(H,14,17). The molecule has 0 aromatic carbocycles. The van der Waals surface area contributed by atoms with Crippen molar-refractivity contribution in [3.05, 3.63) is 0 Å². The smallest absolute Gasteiger partial charge is 0.279 e. The highest BCUT2D eigenvalue weighted by Crippen LogP contribution is 2.19. The van der Waals surface area contributed by atoms with Crippen LogP contribution in [-0.2, 0) is 15.0 Å². The van der Waals surface area contributed by atoms with Crippen LogP contribution in [0.15, 0.2) is 0 Å². The molecule has 0 spiro atoms. The van der Waals surface area contributed by atoms with Crippen molar-refractivity contribution in [1.29, 1.82) is 0 Å². The third-order valence-electron chi connectivity index (χ3n) is 3.17. The van der Waals surface area contributed by atoms with E-state index in [4.69, 9.17) is 5.73 Å². The zero-order chi connectivity index (χ0) is 15.2. The third kappa shape index (κ3) is 5.35. The van der Waals surface area contributed by atoms with Gasteiger partial charge in [-0.25, -0.2) is 0 Å². The molecule has 0 saturated carbocycles. The maximum Gasteiger partial charge on any atom is 0.279 e. The zero-order valence-corrected chi connectivity index (χ0v) is 13.1. The molecule has 1 saturated heterocycles. The first-order valence-corrected chi connectivity index (χ1v) is 8.56. The van der Waals surface area contributed by atoms with Gasteiger partial charge in [0.05, 0.1) is 0 Å². The summed E-state index contributed by atoms with van der Waals surface area (Å²) >= 11 is 0. The summed E-state index contributed by atoms with van der Waals surface area (Å²) in [4.78, 5) is 11.4. The Morgan fingerprint density at radius 1 is 1.40 bits per heavy atom. The van der Waals surface area contributed by atoms with Crippen molar-refractivity contribution in [2.75, 3.05) is 19.6 Å². The van der Waals surface area contributed by atoms with E-state index in [0.29, 0.717) is 19.6 Å². The number of piperidine rings is 1. The first-order chi connectivity index (χ1) is 9.36. The average molecular weight is 306 g/mol. The topological polar surface area (TPSA) is 105 Å². The summed E-state index contributed by atoms with van der Waals surface area (Å²) in [6, 6.07) is -0.323. The lowest BCUT2D eigenvalue weighted by Gasteiger charge is -2.35. The molecule has 1 aliphatic heterocycles. The maximum atomic E-state index is 12.3. The molecule has 0 aliphatic carbocycles. The molecule has 1 atom stereocenters. The lowest BCUT2D eigenvalue weighted by atomic mass is 10.1. The van der Waals surface area contributed by atoms with Crippen LogP contribution < -0.4 is 15.8 Å². The molecule has 0 bridgehead atoms. The van der Waals surface area contributed by atoms with E-state index in [-0.39, 0.29) is 24.4 Å². The molecule has 0 aromatic heterocycles. The second-order valence-electron chi connectivity index (χ2n) is 5.38. The molecular formula is C12H26N4O3S. The van der Waals surface area contributed by atoms with E-state index in [2.05, 4.69) is 10.0 Å². The van der Waals surface area contributed by atoms with Crippen LogP contribution >= 0.6 is 0 Å². The van der Waals surface area contributed by atoms with Gasteiger partial charge >= 0.3 is 0 Å². The Morgan fingerprint density at radius 2 is 2.10 bits per heavy atom. The molecule has 20 heavy (non-hydrogen) atoms. The minimum absolute atomic E-state index is 0.132. The molecule has 8 heteroatoms. The van der Waals surface area contributed by atoms with E-state index in [1.54, 1.807) is 13.8 Å². The molecule has 0 aromatic rings. The highest BCUT2D eigenvalue weighted by molar-refractivity contribution is 7.87. The SMILES string of the molecule is CC(C)NS(=O)(=O)N1CCCCC1CNC(=O)CCN. The van der Waals surface area contributed by atoms with Crippen LogP contribution in [0.3, 0.4) is 0 Å². The van der Waals surface area contributed by atoms with Crippen LogP contribution in [0, 0.1) is 0 Å². The number of nitrogens with one attached hydrogen (secondary N) is 2. The van der Waals surface area contributed by atoms with E-state index < -0.39 is 10.2 Å². The Bertz CT molecular complexity index is 411. The molecular weight excluding hydrogens is 280 g/mol. The lowest BCUT2D eigenvalue weighted by molar-refractivity contribution is -0.121. The van der Waals surface area contributed by atoms with Crippen LogP contribution in [0.25, 0.3) is 0 Å². The fourth-order valence-corrected chi connectivity index (χ4v) is 3.98. The van der Waals surface area contributed by atoms with Gasteiger partial charge in [-0.3, -0.25) is 4.79 Å². The summed E-state index contributed by atoms with van der Waals surface area (Å²) in [6.07, 6.45) is 2.86. The molecule has 1 amide bonds. The van der Waals surface area contributed by atoms with E-state index in [1.165, 1.54) is 4.31 Å². The summed E-state index contributed by atoms with van der Waals surface area (Å²) in [5, 5.41) is 2.76. The van der Waals surface area contributed by atoms with Crippen molar-refractivity contribution in [3.8, 4) is 0 Å². The predicted octanol–water partition coefficient (Wildman–Crippen LogP) is -0.451. The number of amides is 1. The van der Waals surface area contributed by atoms with Gasteiger partial charge in [0.1, 0.15) is 0 Å². The molecule has 1 unspecified atom stereocenters. The van der Waals surface area contributed by atoms with Crippen molar-refractivity contribution in [1.82, 2.24) is 14.3 Å². The summed E-state index contributed by atoms with van der Waals surface area (Å²) in [7, 11) is -3.48. The van der Waals surface area contributed by atoms with Crippen LogP contribution in [0.4, 0.5) is 0 Å². The molecule has 4 N–H and O–H groups in total. The van der Waals surface area contributed by atoms with Crippen LogP contribution in [-0.4, -0.2) is 50.3 Å². The van der Waals surface area contributed by atoms with Crippen LogP contribution in [0.1, 0.15) is 39.5 Å². The van der Waals surface area contributed by atoms with Crippen LogP contribution in [0.2, 0.25) is 0 Å². The molecule has 1 aliphatic rings. The van der Waals surface area contributed by atoms with Gasteiger partial charge in [0.2, 0.25) is 5.91 Å². The second-order valence-corrected chi connectivity index (χ2v) is 7.04. The Morgan fingerprint density at radius 3 is 2.70 bits per heavy atom. The number of carbonyl (C=O) groups excluding carboxylic acids is 1. The van der Waals surface area contributed by atoms with Gasteiger partial charge in [-0.2, -0.15) is 17.4 Å². The monoisotopic (exact) mass is 306 g/mol. The van der Waals surface area contributed by atoms with E-state index in [9.17, 15) is 13.2 Å². The van der Waals surface area contributed by atoms with Gasteiger partial charge in [0, 0.05) is 38.1 Å². The van der Waals surface area contributed by atoms with Gasteiger partial charge in [0.25, 0.3) is 10.2 Å². The molecule has 118 valence electrons. The van der Waals surface area contributed by atoms with Crippen molar-refractivity contribution < 1.29 is 13.2 Å². The summed E-state index contributed by atoms with van der Waals surface area (Å²) < 4.78 is 28.6. The average Bonchev–Trinajstić information content (AvgIpc) is 2.35. The molecule has 0 radical (unpaired) electrons. The molecule has 1 heterocycles. The Balaban J connectivity index is 2.64. The largest absolute Gasteiger partial charge is 0.354 e.